The first kappa shape index (κ1) is 14.1. The minimum atomic E-state index is 0.335. The van der Waals surface area contributed by atoms with Crippen LogP contribution in [0, 0.1) is 20.8 Å². The van der Waals surface area contributed by atoms with Crippen LogP contribution in [0.2, 0.25) is 0 Å². The summed E-state index contributed by atoms with van der Waals surface area (Å²) in [5, 5.41) is 0. The summed E-state index contributed by atoms with van der Waals surface area (Å²) in [6.45, 7) is 9.32. The average Bonchev–Trinajstić information content (AvgIpc) is 2.75. The Morgan fingerprint density at radius 1 is 1.10 bits per heavy atom. The Balaban J connectivity index is 1.88. The lowest BCUT2D eigenvalue weighted by Gasteiger charge is -2.38. The van der Waals surface area contributed by atoms with E-state index in [1.165, 1.54) is 35.1 Å². The van der Waals surface area contributed by atoms with Crippen molar-refractivity contribution < 1.29 is 4.74 Å². The molecule has 3 rings (SSSR count). The maximum atomic E-state index is 6.12. The molecule has 2 bridgehead atoms. The Morgan fingerprint density at radius 3 is 2.30 bits per heavy atom. The molecule has 3 heteroatoms. The topological polar surface area (TPSA) is 38.5 Å². The highest BCUT2D eigenvalue weighted by atomic mass is 16.5. The minimum absolute atomic E-state index is 0.335. The molecular formula is C17H26N2O. The van der Waals surface area contributed by atoms with E-state index in [-0.39, 0.29) is 0 Å². The van der Waals surface area contributed by atoms with Crippen molar-refractivity contribution in [3.05, 3.63) is 34.4 Å². The van der Waals surface area contributed by atoms with Crippen LogP contribution in [0.4, 0.5) is 0 Å². The molecule has 3 nitrogen and oxygen atoms in total. The molecular weight excluding hydrogens is 248 g/mol. The third-order valence-electron chi connectivity index (χ3n) is 4.98. The first-order chi connectivity index (χ1) is 9.58. The van der Waals surface area contributed by atoms with Crippen LogP contribution in [0.5, 0.6) is 0 Å². The fraction of sp³-hybridized carbons (Fsp3) is 0.647. The lowest BCUT2D eigenvalue weighted by atomic mass is 9.94. The van der Waals surface area contributed by atoms with Gasteiger partial charge < -0.3 is 10.5 Å². The van der Waals surface area contributed by atoms with Crippen LogP contribution < -0.4 is 5.73 Å². The molecule has 0 aromatic heterocycles. The molecule has 0 spiro atoms. The van der Waals surface area contributed by atoms with Crippen LogP contribution in [-0.4, -0.2) is 36.7 Å². The van der Waals surface area contributed by atoms with E-state index in [9.17, 15) is 0 Å². The van der Waals surface area contributed by atoms with Gasteiger partial charge in [-0.15, -0.1) is 0 Å². The number of hydrogen-bond acceptors (Lipinski definition) is 3. The second-order valence-corrected chi connectivity index (χ2v) is 6.46. The molecule has 3 atom stereocenters. The summed E-state index contributed by atoms with van der Waals surface area (Å²) in [5.74, 6) is 0. The lowest BCUT2D eigenvalue weighted by molar-refractivity contribution is -0.0521. The Hall–Kier alpha value is -0.900. The monoisotopic (exact) mass is 274 g/mol. The number of hydrogen-bond donors (Lipinski definition) is 1. The van der Waals surface area contributed by atoms with E-state index in [4.69, 9.17) is 10.5 Å². The van der Waals surface area contributed by atoms with Gasteiger partial charge in [0, 0.05) is 25.7 Å². The quantitative estimate of drug-likeness (QED) is 0.920. The largest absolute Gasteiger partial charge is 0.372 e. The maximum absolute atomic E-state index is 6.12. The van der Waals surface area contributed by atoms with Gasteiger partial charge in [-0.1, -0.05) is 12.1 Å². The molecule has 0 aliphatic carbocycles. The molecule has 0 amide bonds. The number of aryl methyl sites for hydroxylation is 3. The molecule has 2 saturated heterocycles. The number of rotatable bonds is 3. The third kappa shape index (κ3) is 2.50. The van der Waals surface area contributed by atoms with Crippen LogP contribution in [0.1, 0.15) is 41.1 Å². The summed E-state index contributed by atoms with van der Waals surface area (Å²) in [6.07, 6.45) is 3.28. The number of morpholine rings is 1. The molecule has 2 aliphatic rings. The smallest absolute Gasteiger partial charge is 0.0707 e. The van der Waals surface area contributed by atoms with Crippen molar-refractivity contribution in [1.29, 1.82) is 0 Å². The van der Waals surface area contributed by atoms with E-state index in [0.717, 1.165) is 13.1 Å². The zero-order chi connectivity index (χ0) is 14.3. The van der Waals surface area contributed by atoms with Gasteiger partial charge in [-0.05, 0) is 55.9 Å². The minimum Gasteiger partial charge on any atom is -0.372 e. The summed E-state index contributed by atoms with van der Waals surface area (Å²) in [5.41, 5.74) is 11.6. The summed E-state index contributed by atoms with van der Waals surface area (Å²) in [6, 6.07) is 4.96. The molecule has 0 radical (unpaired) electrons. The van der Waals surface area contributed by atoms with Crippen LogP contribution >= 0.6 is 0 Å². The number of likely N-dealkylation sites (tertiary alicyclic amines) is 1. The number of nitrogens with two attached hydrogens (primary N) is 1. The van der Waals surface area contributed by atoms with Crippen molar-refractivity contribution in [3.8, 4) is 0 Å². The van der Waals surface area contributed by atoms with Crippen LogP contribution in [0.15, 0.2) is 12.1 Å². The van der Waals surface area contributed by atoms with Gasteiger partial charge in [0.15, 0.2) is 0 Å². The van der Waals surface area contributed by atoms with E-state index in [1.807, 2.05) is 0 Å². The van der Waals surface area contributed by atoms with Gasteiger partial charge in [0.2, 0.25) is 0 Å². The van der Waals surface area contributed by atoms with Crippen LogP contribution in [0.3, 0.4) is 0 Å². The molecule has 1 aromatic carbocycles. The Kier molecular flexibility index (Phi) is 3.85. The molecule has 2 aliphatic heterocycles. The van der Waals surface area contributed by atoms with Gasteiger partial charge >= 0.3 is 0 Å². The van der Waals surface area contributed by atoms with Crippen LogP contribution in [-0.2, 0) is 4.74 Å². The Bertz CT molecular complexity index is 488. The van der Waals surface area contributed by atoms with Gasteiger partial charge in [0.25, 0.3) is 0 Å². The standard InChI is InChI=1S/C17H26N2O/c1-11-6-13(3)16(7-12(11)2)17(8-18)19-9-14-4-5-15(10-19)20-14/h6-7,14-15,17H,4-5,8-10,18H2,1-3H3. The second-order valence-electron chi connectivity index (χ2n) is 6.46. The molecule has 20 heavy (non-hydrogen) atoms. The predicted molar refractivity (Wildman–Crippen MR) is 81.9 cm³/mol. The fourth-order valence-electron chi connectivity index (χ4n) is 3.72. The van der Waals surface area contributed by atoms with Crippen molar-refractivity contribution in [3.63, 3.8) is 0 Å². The van der Waals surface area contributed by atoms with Crippen molar-refractivity contribution in [2.24, 2.45) is 5.73 Å². The zero-order valence-electron chi connectivity index (χ0n) is 12.9. The van der Waals surface area contributed by atoms with E-state index in [1.54, 1.807) is 0 Å². The first-order valence-electron chi connectivity index (χ1n) is 7.75. The van der Waals surface area contributed by atoms with Crippen molar-refractivity contribution >= 4 is 0 Å². The van der Waals surface area contributed by atoms with Crippen molar-refractivity contribution in [2.75, 3.05) is 19.6 Å². The lowest BCUT2D eigenvalue weighted by Crippen LogP contribution is -2.46. The number of benzene rings is 1. The molecule has 0 saturated carbocycles. The Labute approximate surface area is 122 Å². The highest BCUT2D eigenvalue weighted by Crippen LogP contribution is 2.33. The van der Waals surface area contributed by atoms with Gasteiger partial charge in [-0.2, -0.15) is 0 Å². The molecule has 3 unspecified atom stereocenters. The highest BCUT2D eigenvalue weighted by Gasteiger charge is 2.36. The van der Waals surface area contributed by atoms with Crippen molar-refractivity contribution in [1.82, 2.24) is 4.90 Å². The summed E-state index contributed by atoms with van der Waals surface area (Å²) in [4.78, 5) is 2.54. The molecule has 2 N–H and O–H groups in total. The maximum Gasteiger partial charge on any atom is 0.0707 e. The molecule has 2 fully saturated rings. The molecule has 2 heterocycles. The van der Waals surface area contributed by atoms with Gasteiger partial charge in [-0.3, -0.25) is 4.90 Å². The average molecular weight is 274 g/mol. The van der Waals surface area contributed by atoms with Gasteiger partial charge in [-0.25, -0.2) is 0 Å². The molecule has 110 valence electrons. The fourth-order valence-corrected chi connectivity index (χ4v) is 3.72. The predicted octanol–water partition coefficient (Wildman–Crippen LogP) is 2.47. The summed E-state index contributed by atoms with van der Waals surface area (Å²) < 4.78 is 5.95. The van der Waals surface area contributed by atoms with E-state index >= 15 is 0 Å². The number of fused-ring (bicyclic) bond motifs is 2. The highest BCUT2D eigenvalue weighted by molar-refractivity contribution is 5.38. The molecule has 1 aromatic rings. The zero-order valence-corrected chi connectivity index (χ0v) is 12.9. The normalized spacial score (nSPS) is 27.8. The van der Waals surface area contributed by atoms with Gasteiger partial charge in [0.05, 0.1) is 12.2 Å². The number of ether oxygens (including phenoxy) is 1. The van der Waals surface area contributed by atoms with E-state index in [2.05, 4.69) is 37.8 Å². The van der Waals surface area contributed by atoms with E-state index in [0.29, 0.717) is 24.8 Å². The van der Waals surface area contributed by atoms with Gasteiger partial charge in [0.1, 0.15) is 0 Å². The second kappa shape index (κ2) is 5.47. The van der Waals surface area contributed by atoms with Crippen molar-refractivity contribution in [2.45, 2.75) is 51.9 Å². The van der Waals surface area contributed by atoms with Crippen LogP contribution in [0.25, 0.3) is 0 Å². The SMILES string of the molecule is Cc1cc(C)c(C(CN)N2CC3CCC(C2)O3)cc1C. The summed E-state index contributed by atoms with van der Waals surface area (Å²) >= 11 is 0. The Morgan fingerprint density at radius 2 is 1.70 bits per heavy atom. The third-order valence-corrected chi connectivity index (χ3v) is 4.98. The number of nitrogens with zero attached hydrogens (tertiary/aromatic N) is 1. The van der Waals surface area contributed by atoms with E-state index < -0.39 is 0 Å². The first-order valence-corrected chi connectivity index (χ1v) is 7.75. The summed E-state index contributed by atoms with van der Waals surface area (Å²) in [7, 11) is 0.